The molecule has 1 aromatic heterocycles. The summed E-state index contributed by atoms with van der Waals surface area (Å²) >= 11 is 0. The molecule has 0 amide bonds. The average molecular weight is 219 g/mol. The van der Waals surface area contributed by atoms with Crippen LogP contribution in [0, 0.1) is 6.92 Å². The smallest absolute Gasteiger partial charge is 0.125 e. The van der Waals surface area contributed by atoms with Crippen molar-refractivity contribution in [2.45, 2.75) is 51.4 Å². The quantitative estimate of drug-likeness (QED) is 0.845. The molecule has 0 radical (unpaired) electrons. The minimum Gasteiger partial charge on any atom is -0.330 e. The van der Waals surface area contributed by atoms with Gasteiger partial charge in [-0.25, -0.2) is 9.97 Å². The first-order valence-electron chi connectivity index (χ1n) is 6.33. The highest BCUT2D eigenvalue weighted by Crippen LogP contribution is 2.34. The van der Waals surface area contributed by atoms with Crippen LogP contribution < -0.4 is 5.73 Å². The van der Waals surface area contributed by atoms with E-state index in [0.29, 0.717) is 5.92 Å². The van der Waals surface area contributed by atoms with E-state index in [2.05, 4.69) is 9.97 Å². The molecule has 1 saturated carbocycles. The zero-order valence-corrected chi connectivity index (χ0v) is 10.1. The molecular weight excluding hydrogens is 198 g/mol. The molecule has 2 rings (SSSR count). The lowest BCUT2D eigenvalue weighted by Crippen LogP contribution is -2.08. The first-order chi connectivity index (χ1) is 7.81. The van der Waals surface area contributed by atoms with Crippen LogP contribution >= 0.6 is 0 Å². The van der Waals surface area contributed by atoms with Gasteiger partial charge in [0, 0.05) is 12.1 Å². The molecule has 88 valence electrons. The van der Waals surface area contributed by atoms with Crippen molar-refractivity contribution in [2.75, 3.05) is 6.54 Å². The Hall–Kier alpha value is -0.960. The topological polar surface area (TPSA) is 51.8 Å². The first-order valence-corrected chi connectivity index (χ1v) is 6.33. The van der Waals surface area contributed by atoms with E-state index >= 15 is 0 Å². The van der Waals surface area contributed by atoms with Crippen LogP contribution in [-0.4, -0.2) is 16.5 Å². The van der Waals surface area contributed by atoms with Crippen LogP contribution in [0.5, 0.6) is 0 Å². The Labute approximate surface area is 97.5 Å². The fourth-order valence-corrected chi connectivity index (χ4v) is 2.55. The second kappa shape index (κ2) is 5.39. The van der Waals surface area contributed by atoms with Gasteiger partial charge in [0.25, 0.3) is 0 Å². The van der Waals surface area contributed by atoms with Gasteiger partial charge in [-0.3, -0.25) is 0 Å². The second-order valence-corrected chi connectivity index (χ2v) is 4.70. The van der Waals surface area contributed by atoms with E-state index in [1.54, 1.807) is 0 Å². The molecule has 3 nitrogen and oxygen atoms in total. The zero-order chi connectivity index (χ0) is 11.4. The van der Waals surface area contributed by atoms with Crippen LogP contribution in [0.25, 0.3) is 0 Å². The van der Waals surface area contributed by atoms with E-state index in [4.69, 9.17) is 5.73 Å². The van der Waals surface area contributed by atoms with Crippen molar-refractivity contribution in [3.8, 4) is 0 Å². The fraction of sp³-hybridized carbons (Fsp3) is 0.692. The Bertz CT molecular complexity index is 343. The minimum atomic E-state index is 0.675. The molecule has 0 aliphatic heterocycles. The summed E-state index contributed by atoms with van der Waals surface area (Å²) in [6, 6.07) is 0. The number of aromatic nitrogens is 2. The highest BCUT2D eigenvalue weighted by Gasteiger charge is 2.21. The number of nitrogens with zero attached hydrogens (tertiary/aromatic N) is 2. The van der Waals surface area contributed by atoms with Crippen LogP contribution in [0.15, 0.2) is 6.20 Å². The maximum absolute atomic E-state index is 5.57. The van der Waals surface area contributed by atoms with Crippen molar-refractivity contribution in [1.82, 2.24) is 9.97 Å². The molecule has 1 heterocycles. The Morgan fingerprint density at radius 1 is 1.38 bits per heavy atom. The molecule has 1 aromatic rings. The maximum Gasteiger partial charge on any atom is 0.125 e. The van der Waals surface area contributed by atoms with Crippen LogP contribution in [0.3, 0.4) is 0 Å². The Morgan fingerprint density at radius 2 is 2.12 bits per heavy atom. The zero-order valence-electron chi connectivity index (χ0n) is 10.1. The molecular formula is C13H21N3. The van der Waals surface area contributed by atoms with E-state index in [-0.39, 0.29) is 0 Å². The van der Waals surface area contributed by atoms with Crippen LogP contribution in [0.2, 0.25) is 0 Å². The largest absolute Gasteiger partial charge is 0.330 e. The second-order valence-electron chi connectivity index (χ2n) is 4.70. The summed E-state index contributed by atoms with van der Waals surface area (Å²) in [6.07, 6.45) is 9.37. The molecule has 2 N–H and O–H groups in total. The molecule has 0 saturated heterocycles. The van der Waals surface area contributed by atoms with Gasteiger partial charge in [-0.2, -0.15) is 0 Å². The number of nitrogens with two attached hydrogens (primary N) is 1. The molecule has 0 bridgehead atoms. The van der Waals surface area contributed by atoms with E-state index in [9.17, 15) is 0 Å². The van der Waals surface area contributed by atoms with Gasteiger partial charge >= 0.3 is 0 Å². The lowest BCUT2D eigenvalue weighted by atomic mass is 9.97. The summed E-state index contributed by atoms with van der Waals surface area (Å²) in [5.74, 6) is 1.58. The van der Waals surface area contributed by atoms with Gasteiger partial charge in [-0.15, -0.1) is 0 Å². The Balaban J connectivity index is 2.21. The average Bonchev–Trinajstić information content (AvgIpc) is 2.80. The highest BCUT2D eigenvalue weighted by atomic mass is 14.9. The number of aryl methyl sites for hydroxylation is 2. The van der Waals surface area contributed by atoms with Crippen molar-refractivity contribution in [1.29, 1.82) is 0 Å². The molecule has 16 heavy (non-hydrogen) atoms. The lowest BCUT2D eigenvalue weighted by molar-refractivity contribution is 0.667. The molecule has 0 aromatic carbocycles. The van der Waals surface area contributed by atoms with E-state index in [1.165, 1.54) is 36.9 Å². The summed E-state index contributed by atoms with van der Waals surface area (Å²) in [5.41, 5.74) is 8.20. The van der Waals surface area contributed by atoms with Crippen molar-refractivity contribution in [3.63, 3.8) is 0 Å². The summed E-state index contributed by atoms with van der Waals surface area (Å²) in [7, 11) is 0. The van der Waals surface area contributed by atoms with Gasteiger partial charge in [0.05, 0.1) is 5.69 Å². The van der Waals surface area contributed by atoms with Crippen LogP contribution in [0.4, 0.5) is 0 Å². The van der Waals surface area contributed by atoms with E-state index in [1.807, 2.05) is 13.1 Å². The number of hydrogen-bond acceptors (Lipinski definition) is 3. The van der Waals surface area contributed by atoms with Gasteiger partial charge < -0.3 is 5.73 Å². The molecule has 1 aliphatic carbocycles. The molecule has 1 aliphatic rings. The first kappa shape index (κ1) is 11.5. The minimum absolute atomic E-state index is 0.675. The van der Waals surface area contributed by atoms with Crippen molar-refractivity contribution < 1.29 is 0 Å². The molecule has 0 spiro atoms. The predicted molar refractivity (Wildman–Crippen MR) is 65.4 cm³/mol. The van der Waals surface area contributed by atoms with E-state index in [0.717, 1.165) is 25.2 Å². The lowest BCUT2D eigenvalue weighted by Gasteiger charge is -2.14. The van der Waals surface area contributed by atoms with Gasteiger partial charge in [-0.05, 0) is 44.7 Å². The molecule has 3 heteroatoms. The monoisotopic (exact) mass is 219 g/mol. The number of rotatable bonds is 4. The summed E-state index contributed by atoms with van der Waals surface area (Å²) in [6.45, 7) is 2.73. The van der Waals surface area contributed by atoms with Gasteiger partial charge in [0.15, 0.2) is 0 Å². The molecule has 1 fully saturated rings. The summed E-state index contributed by atoms with van der Waals surface area (Å²) in [4.78, 5) is 8.97. The Kier molecular flexibility index (Phi) is 3.88. The fourth-order valence-electron chi connectivity index (χ4n) is 2.55. The summed E-state index contributed by atoms with van der Waals surface area (Å²) < 4.78 is 0. The van der Waals surface area contributed by atoms with E-state index < -0.39 is 0 Å². The highest BCUT2D eigenvalue weighted by molar-refractivity contribution is 5.22. The summed E-state index contributed by atoms with van der Waals surface area (Å²) in [5, 5.41) is 0. The van der Waals surface area contributed by atoms with Crippen LogP contribution in [0.1, 0.15) is 55.1 Å². The third kappa shape index (κ3) is 2.59. The molecule has 0 atom stereocenters. The van der Waals surface area contributed by atoms with Crippen LogP contribution in [-0.2, 0) is 6.42 Å². The van der Waals surface area contributed by atoms with Crippen molar-refractivity contribution >= 4 is 0 Å². The van der Waals surface area contributed by atoms with Gasteiger partial charge in [-0.1, -0.05) is 12.8 Å². The van der Waals surface area contributed by atoms with Crippen molar-refractivity contribution in [3.05, 3.63) is 23.3 Å². The third-order valence-corrected chi connectivity index (χ3v) is 3.41. The van der Waals surface area contributed by atoms with Crippen molar-refractivity contribution in [2.24, 2.45) is 5.73 Å². The number of hydrogen-bond donors (Lipinski definition) is 1. The maximum atomic E-state index is 5.57. The molecule has 0 unspecified atom stereocenters. The normalized spacial score (nSPS) is 16.9. The SMILES string of the molecule is Cc1ncc(CCCN)c(C2CCCC2)n1. The van der Waals surface area contributed by atoms with Gasteiger partial charge in [0.2, 0.25) is 0 Å². The standard InChI is InChI=1S/C13H21N3/c1-10-15-9-12(7-4-8-14)13(16-10)11-5-2-3-6-11/h9,11H,2-8,14H2,1H3. The third-order valence-electron chi connectivity index (χ3n) is 3.41. The Morgan fingerprint density at radius 3 is 2.81 bits per heavy atom. The van der Waals surface area contributed by atoms with Gasteiger partial charge in [0.1, 0.15) is 5.82 Å². The predicted octanol–water partition coefficient (Wildman–Crippen LogP) is 2.33.